The maximum absolute atomic E-state index is 5.83. The smallest absolute Gasteiger partial charge is 0.0462 e. The van der Waals surface area contributed by atoms with Gasteiger partial charge in [-0.15, -0.1) is 0 Å². The molecule has 0 aliphatic carbocycles. The van der Waals surface area contributed by atoms with Crippen molar-refractivity contribution >= 4 is 0 Å². The summed E-state index contributed by atoms with van der Waals surface area (Å²) in [4.78, 5) is 0. The average Bonchev–Trinajstić information content (AvgIpc) is 2.35. The molecule has 0 amide bonds. The molecule has 2 N–H and O–H groups in total. The zero-order valence-electron chi connectivity index (χ0n) is 11.1. The van der Waals surface area contributed by atoms with Crippen LogP contribution < -0.4 is 5.73 Å². The summed E-state index contributed by atoms with van der Waals surface area (Å²) < 4.78 is 5.06. The molecule has 1 aromatic carbocycles. The van der Waals surface area contributed by atoms with Gasteiger partial charge >= 0.3 is 0 Å². The van der Waals surface area contributed by atoms with Crippen LogP contribution in [-0.4, -0.2) is 20.3 Å². The molecule has 0 aliphatic rings. The van der Waals surface area contributed by atoms with Crippen LogP contribution in [0.5, 0.6) is 0 Å². The van der Waals surface area contributed by atoms with Gasteiger partial charge in [0.1, 0.15) is 0 Å². The fourth-order valence-electron chi connectivity index (χ4n) is 2.04. The highest BCUT2D eigenvalue weighted by Crippen LogP contribution is 2.15. The molecule has 0 fully saturated rings. The summed E-state index contributed by atoms with van der Waals surface area (Å²) in [5, 5.41) is 0. The van der Waals surface area contributed by atoms with Crippen molar-refractivity contribution in [1.82, 2.24) is 0 Å². The molecule has 1 aromatic rings. The van der Waals surface area contributed by atoms with Gasteiger partial charge in [-0.25, -0.2) is 0 Å². The van der Waals surface area contributed by atoms with Gasteiger partial charge in [-0.05, 0) is 44.2 Å². The third-order valence-corrected chi connectivity index (χ3v) is 3.19. The molecule has 2 nitrogen and oxygen atoms in total. The van der Waals surface area contributed by atoms with E-state index in [1.54, 1.807) is 7.11 Å². The Morgan fingerprint density at radius 2 is 1.88 bits per heavy atom. The maximum Gasteiger partial charge on any atom is 0.0462 e. The van der Waals surface area contributed by atoms with Gasteiger partial charge in [0.05, 0.1) is 0 Å². The van der Waals surface area contributed by atoms with Crippen LogP contribution in [0.2, 0.25) is 0 Å². The van der Waals surface area contributed by atoms with E-state index in [-0.39, 0.29) is 0 Å². The number of rotatable bonds is 8. The van der Waals surface area contributed by atoms with Gasteiger partial charge in [0.25, 0.3) is 0 Å². The lowest BCUT2D eigenvalue weighted by atomic mass is 9.94. The number of hydrogen-bond acceptors (Lipinski definition) is 2. The van der Waals surface area contributed by atoms with Gasteiger partial charge in [0, 0.05) is 13.7 Å². The molecule has 1 rings (SSSR count). The standard InChI is InChI=1S/C15H25NO/c1-13-6-8-14(9-7-13)11-15(12-16)5-3-4-10-17-2/h6-9,15H,3-5,10-12,16H2,1-2H3. The van der Waals surface area contributed by atoms with E-state index in [0.717, 1.165) is 26.0 Å². The summed E-state index contributed by atoms with van der Waals surface area (Å²) in [7, 11) is 1.76. The Morgan fingerprint density at radius 3 is 2.47 bits per heavy atom. The molecule has 1 unspecified atom stereocenters. The van der Waals surface area contributed by atoms with E-state index >= 15 is 0 Å². The monoisotopic (exact) mass is 235 g/mol. The first kappa shape index (κ1) is 14.2. The molecule has 0 heterocycles. The molecule has 0 saturated heterocycles. The van der Waals surface area contributed by atoms with Gasteiger partial charge < -0.3 is 10.5 Å². The van der Waals surface area contributed by atoms with Gasteiger partial charge in [0.15, 0.2) is 0 Å². The second-order valence-corrected chi connectivity index (χ2v) is 4.78. The Labute approximate surface area is 105 Å². The van der Waals surface area contributed by atoms with Crippen LogP contribution in [0.15, 0.2) is 24.3 Å². The zero-order chi connectivity index (χ0) is 12.5. The van der Waals surface area contributed by atoms with Crippen molar-refractivity contribution in [2.45, 2.75) is 32.6 Å². The second kappa shape index (κ2) is 8.26. The molecule has 96 valence electrons. The molecule has 2 heteroatoms. The Hall–Kier alpha value is -0.860. The quantitative estimate of drug-likeness (QED) is 0.703. The predicted octanol–water partition coefficient (Wildman–Crippen LogP) is 2.93. The molecular weight excluding hydrogens is 210 g/mol. The van der Waals surface area contributed by atoms with Crippen LogP contribution in [-0.2, 0) is 11.2 Å². The van der Waals surface area contributed by atoms with Gasteiger partial charge in [-0.2, -0.15) is 0 Å². The van der Waals surface area contributed by atoms with Crippen molar-refractivity contribution in [3.63, 3.8) is 0 Å². The van der Waals surface area contributed by atoms with E-state index in [4.69, 9.17) is 10.5 Å². The molecule has 0 aromatic heterocycles. The van der Waals surface area contributed by atoms with Crippen LogP contribution in [0.1, 0.15) is 30.4 Å². The van der Waals surface area contributed by atoms with Crippen molar-refractivity contribution < 1.29 is 4.74 Å². The van der Waals surface area contributed by atoms with Crippen LogP contribution >= 0.6 is 0 Å². The second-order valence-electron chi connectivity index (χ2n) is 4.78. The van der Waals surface area contributed by atoms with Crippen molar-refractivity contribution in [1.29, 1.82) is 0 Å². The molecule has 17 heavy (non-hydrogen) atoms. The van der Waals surface area contributed by atoms with E-state index in [0.29, 0.717) is 5.92 Å². The molecule has 0 radical (unpaired) electrons. The minimum Gasteiger partial charge on any atom is -0.385 e. The van der Waals surface area contributed by atoms with E-state index in [2.05, 4.69) is 31.2 Å². The van der Waals surface area contributed by atoms with Crippen molar-refractivity contribution in [3.05, 3.63) is 35.4 Å². The third kappa shape index (κ3) is 5.85. The lowest BCUT2D eigenvalue weighted by Crippen LogP contribution is -2.17. The average molecular weight is 235 g/mol. The summed E-state index contributed by atoms with van der Waals surface area (Å²) in [6.45, 7) is 3.76. The first-order chi connectivity index (χ1) is 8.26. The number of ether oxygens (including phenoxy) is 1. The fraction of sp³-hybridized carbons (Fsp3) is 0.600. The van der Waals surface area contributed by atoms with Gasteiger partial charge in [-0.3, -0.25) is 0 Å². The van der Waals surface area contributed by atoms with E-state index in [9.17, 15) is 0 Å². The molecule has 0 spiro atoms. The van der Waals surface area contributed by atoms with Crippen LogP contribution in [0.4, 0.5) is 0 Å². The Balaban J connectivity index is 2.33. The number of benzene rings is 1. The van der Waals surface area contributed by atoms with E-state index < -0.39 is 0 Å². The predicted molar refractivity (Wildman–Crippen MR) is 73.2 cm³/mol. The number of aryl methyl sites for hydroxylation is 1. The first-order valence-electron chi connectivity index (χ1n) is 6.50. The van der Waals surface area contributed by atoms with Crippen LogP contribution in [0, 0.1) is 12.8 Å². The third-order valence-electron chi connectivity index (χ3n) is 3.19. The summed E-state index contributed by atoms with van der Waals surface area (Å²) in [6, 6.07) is 8.78. The lowest BCUT2D eigenvalue weighted by molar-refractivity contribution is 0.190. The normalized spacial score (nSPS) is 12.6. The highest BCUT2D eigenvalue weighted by molar-refractivity contribution is 5.21. The van der Waals surface area contributed by atoms with Crippen molar-refractivity contribution in [2.75, 3.05) is 20.3 Å². The number of hydrogen-bond donors (Lipinski definition) is 1. The summed E-state index contributed by atoms with van der Waals surface area (Å²) >= 11 is 0. The topological polar surface area (TPSA) is 35.2 Å². The Morgan fingerprint density at radius 1 is 1.18 bits per heavy atom. The van der Waals surface area contributed by atoms with Crippen molar-refractivity contribution in [3.8, 4) is 0 Å². The highest BCUT2D eigenvalue weighted by atomic mass is 16.5. The van der Waals surface area contributed by atoms with Gasteiger partial charge in [-0.1, -0.05) is 36.2 Å². The number of methoxy groups -OCH3 is 1. The zero-order valence-corrected chi connectivity index (χ0v) is 11.1. The molecule has 0 saturated carbocycles. The fourth-order valence-corrected chi connectivity index (χ4v) is 2.04. The Bertz CT molecular complexity index is 294. The largest absolute Gasteiger partial charge is 0.385 e. The summed E-state index contributed by atoms with van der Waals surface area (Å²) in [5.41, 5.74) is 8.55. The minimum absolute atomic E-state index is 0.606. The summed E-state index contributed by atoms with van der Waals surface area (Å²) in [5.74, 6) is 0.606. The number of nitrogens with two attached hydrogens (primary N) is 1. The molecule has 1 atom stereocenters. The van der Waals surface area contributed by atoms with Crippen LogP contribution in [0.25, 0.3) is 0 Å². The maximum atomic E-state index is 5.83. The SMILES string of the molecule is COCCCCC(CN)Cc1ccc(C)cc1. The molecule has 0 bridgehead atoms. The van der Waals surface area contributed by atoms with E-state index in [1.165, 1.54) is 24.0 Å². The summed E-state index contributed by atoms with van der Waals surface area (Å²) in [6.07, 6.45) is 4.65. The first-order valence-corrected chi connectivity index (χ1v) is 6.50. The van der Waals surface area contributed by atoms with E-state index in [1.807, 2.05) is 0 Å². The highest BCUT2D eigenvalue weighted by Gasteiger charge is 2.07. The number of unbranched alkanes of at least 4 members (excludes halogenated alkanes) is 1. The molecule has 0 aliphatic heterocycles. The lowest BCUT2D eigenvalue weighted by Gasteiger charge is -2.14. The Kier molecular flexibility index (Phi) is 6.90. The minimum atomic E-state index is 0.606. The van der Waals surface area contributed by atoms with Crippen molar-refractivity contribution in [2.24, 2.45) is 11.7 Å². The van der Waals surface area contributed by atoms with Gasteiger partial charge in [0.2, 0.25) is 0 Å². The molecular formula is C15H25NO. The van der Waals surface area contributed by atoms with Crippen LogP contribution in [0.3, 0.4) is 0 Å².